The Kier molecular flexibility index (Phi) is 7.05. The molecule has 35 heavy (non-hydrogen) atoms. The average molecular weight is 488 g/mol. The van der Waals surface area contributed by atoms with Crippen molar-refractivity contribution < 1.29 is 31.1 Å². The summed E-state index contributed by atoms with van der Waals surface area (Å²) in [6.45, 7) is 2.16. The van der Waals surface area contributed by atoms with Gasteiger partial charge >= 0.3 is 6.36 Å². The van der Waals surface area contributed by atoms with Gasteiger partial charge in [0.25, 0.3) is 0 Å². The van der Waals surface area contributed by atoms with E-state index < -0.39 is 29.6 Å². The summed E-state index contributed by atoms with van der Waals surface area (Å²) in [5, 5.41) is 0.799. The van der Waals surface area contributed by atoms with E-state index in [4.69, 9.17) is 0 Å². The van der Waals surface area contributed by atoms with Crippen molar-refractivity contribution >= 4 is 10.8 Å². The summed E-state index contributed by atoms with van der Waals surface area (Å²) in [6, 6.07) is 17.5. The van der Waals surface area contributed by atoms with E-state index in [9.17, 15) is 22.0 Å². The van der Waals surface area contributed by atoms with Gasteiger partial charge in [-0.3, -0.25) is 0 Å². The summed E-state index contributed by atoms with van der Waals surface area (Å²) in [6.07, 6.45) is -0.756. The first-order valence-corrected chi connectivity index (χ1v) is 11.2. The first-order valence-electron chi connectivity index (χ1n) is 11.2. The number of hydrogen-bond donors (Lipinski definition) is 0. The molecule has 4 aromatic rings. The number of halogens is 6. The van der Waals surface area contributed by atoms with Gasteiger partial charge in [0, 0.05) is 10.9 Å². The summed E-state index contributed by atoms with van der Waals surface area (Å²) in [4.78, 5) is 0. The highest BCUT2D eigenvalue weighted by Crippen LogP contribution is 2.36. The molecule has 0 atom stereocenters. The van der Waals surface area contributed by atoms with Crippen LogP contribution in [0.5, 0.6) is 5.75 Å². The molecule has 0 spiro atoms. The molecule has 0 amide bonds. The minimum atomic E-state index is -5.26. The molecule has 0 bridgehead atoms. The molecule has 0 unspecified atom stereocenters. The molecule has 182 valence electrons. The molecular formula is C28H22F6O. The Morgan fingerprint density at radius 1 is 0.714 bits per heavy atom. The van der Waals surface area contributed by atoms with Crippen LogP contribution in [0.1, 0.15) is 31.7 Å². The lowest BCUT2D eigenvalue weighted by Crippen LogP contribution is -2.19. The standard InChI is InChI=1S/C28H22F6O/c1-2-3-4-5-17-6-8-18(9-7-17)19-10-12-22-20(14-19)11-13-23(26(22)31)21-15-24(29)27(25(30)16-21)35-28(32,33)34/h6-16H,2-5H2,1H3. The Hall–Kier alpha value is -3.48. The van der Waals surface area contributed by atoms with Gasteiger partial charge in [-0.05, 0) is 58.7 Å². The van der Waals surface area contributed by atoms with Crippen LogP contribution in [0.3, 0.4) is 0 Å². The Morgan fingerprint density at radius 2 is 1.37 bits per heavy atom. The van der Waals surface area contributed by atoms with E-state index in [2.05, 4.69) is 23.8 Å². The van der Waals surface area contributed by atoms with E-state index in [-0.39, 0.29) is 16.5 Å². The molecule has 0 aliphatic carbocycles. The molecule has 0 heterocycles. The van der Waals surface area contributed by atoms with Crippen molar-refractivity contribution in [1.82, 2.24) is 0 Å². The zero-order valence-electron chi connectivity index (χ0n) is 18.9. The SMILES string of the molecule is CCCCCc1ccc(-c2ccc3c(F)c(-c4cc(F)c(OC(F)(F)F)c(F)c4)ccc3c2)cc1. The highest BCUT2D eigenvalue weighted by Gasteiger charge is 2.34. The fourth-order valence-corrected chi connectivity index (χ4v) is 4.07. The van der Waals surface area contributed by atoms with Crippen LogP contribution in [0.25, 0.3) is 33.0 Å². The second-order valence-electron chi connectivity index (χ2n) is 8.33. The van der Waals surface area contributed by atoms with Gasteiger partial charge in [-0.25, -0.2) is 13.2 Å². The molecule has 7 heteroatoms. The largest absolute Gasteiger partial charge is 0.573 e. The molecule has 4 aromatic carbocycles. The van der Waals surface area contributed by atoms with Crippen LogP contribution in [0.2, 0.25) is 0 Å². The van der Waals surface area contributed by atoms with Gasteiger partial charge in [0.15, 0.2) is 11.6 Å². The van der Waals surface area contributed by atoms with Gasteiger partial charge in [-0.1, -0.05) is 68.3 Å². The van der Waals surface area contributed by atoms with Crippen molar-refractivity contribution in [3.05, 3.63) is 89.7 Å². The number of benzene rings is 4. The van der Waals surface area contributed by atoms with E-state index in [1.165, 1.54) is 18.1 Å². The molecule has 0 saturated carbocycles. The Labute approximate surface area is 199 Å². The smallest absolute Gasteiger partial charge is 0.399 e. The topological polar surface area (TPSA) is 9.23 Å². The Bertz CT molecular complexity index is 1320. The van der Waals surface area contributed by atoms with Crippen LogP contribution >= 0.6 is 0 Å². The highest BCUT2D eigenvalue weighted by molar-refractivity contribution is 5.91. The third-order valence-corrected chi connectivity index (χ3v) is 5.84. The fourth-order valence-electron chi connectivity index (χ4n) is 4.07. The minimum absolute atomic E-state index is 0.141. The molecule has 0 radical (unpaired) electrons. The molecule has 0 N–H and O–H groups in total. The molecule has 0 saturated heterocycles. The highest BCUT2D eigenvalue weighted by atomic mass is 19.4. The van der Waals surface area contributed by atoms with E-state index in [1.54, 1.807) is 18.2 Å². The van der Waals surface area contributed by atoms with Crippen LogP contribution in [-0.4, -0.2) is 6.36 Å². The third kappa shape index (κ3) is 5.61. The van der Waals surface area contributed by atoms with Crippen LogP contribution in [-0.2, 0) is 6.42 Å². The van der Waals surface area contributed by atoms with Gasteiger partial charge in [0.2, 0.25) is 5.75 Å². The monoisotopic (exact) mass is 488 g/mol. The van der Waals surface area contributed by atoms with Crippen LogP contribution < -0.4 is 4.74 Å². The zero-order valence-corrected chi connectivity index (χ0v) is 18.9. The number of hydrogen-bond acceptors (Lipinski definition) is 1. The van der Waals surface area contributed by atoms with Crippen molar-refractivity contribution in [2.24, 2.45) is 0 Å². The molecular weight excluding hydrogens is 466 g/mol. The summed E-state index contributed by atoms with van der Waals surface area (Å²) in [5.74, 6) is -5.47. The van der Waals surface area contributed by atoms with Gasteiger partial charge in [-0.15, -0.1) is 13.2 Å². The van der Waals surface area contributed by atoms with E-state index >= 15 is 4.39 Å². The quantitative estimate of drug-likeness (QED) is 0.186. The maximum absolute atomic E-state index is 15.3. The number of alkyl halides is 3. The van der Waals surface area contributed by atoms with E-state index in [0.29, 0.717) is 17.5 Å². The van der Waals surface area contributed by atoms with Crippen molar-refractivity contribution in [3.8, 4) is 28.0 Å². The summed E-state index contributed by atoms with van der Waals surface area (Å²) in [5.41, 5.74) is 2.73. The van der Waals surface area contributed by atoms with Gasteiger partial charge < -0.3 is 4.74 Å². The van der Waals surface area contributed by atoms with Crippen LogP contribution in [0, 0.1) is 17.5 Å². The molecule has 0 aliphatic rings. The van der Waals surface area contributed by atoms with Gasteiger partial charge in [0.05, 0.1) is 0 Å². The maximum atomic E-state index is 15.3. The maximum Gasteiger partial charge on any atom is 0.573 e. The first kappa shape index (κ1) is 24.6. The van der Waals surface area contributed by atoms with Crippen LogP contribution in [0.15, 0.2) is 66.7 Å². The lowest BCUT2D eigenvalue weighted by Gasteiger charge is -2.13. The van der Waals surface area contributed by atoms with Gasteiger partial charge in [-0.2, -0.15) is 0 Å². The average Bonchev–Trinajstić information content (AvgIpc) is 2.81. The molecule has 0 aliphatic heterocycles. The van der Waals surface area contributed by atoms with Crippen LogP contribution in [0.4, 0.5) is 26.3 Å². The first-order chi connectivity index (χ1) is 16.7. The number of fused-ring (bicyclic) bond motifs is 1. The summed E-state index contributed by atoms with van der Waals surface area (Å²) < 4.78 is 84.1. The summed E-state index contributed by atoms with van der Waals surface area (Å²) in [7, 11) is 0. The fraction of sp³-hybridized carbons (Fsp3) is 0.214. The number of rotatable bonds is 7. The predicted octanol–water partition coefficient (Wildman–Crippen LogP) is 9.22. The zero-order chi connectivity index (χ0) is 25.2. The summed E-state index contributed by atoms with van der Waals surface area (Å²) >= 11 is 0. The van der Waals surface area contributed by atoms with Crippen molar-refractivity contribution in [3.63, 3.8) is 0 Å². The van der Waals surface area contributed by atoms with Gasteiger partial charge in [0.1, 0.15) is 5.82 Å². The normalized spacial score (nSPS) is 11.7. The second-order valence-corrected chi connectivity index (χ2v) is 8.33. The Balaban J connectivity index is 1.64. The number of ether oxygens (including phenoxy) is 1. The molecule has 4 rings (SSSR count). The Morgan fingerprint density at radius 3 is 2.00 bits per heavy atom. The lowest BCUT2D eigenvalue weighted by atomic mass is 9.96. The lowest BCUT2D eigenvalue weighted by molar-refractivity contribution is -0.276. The number of unbranched alkanes of at least 4 members (excludes halogenated alkanes) is 2. The van der Waals surface area contributed by atoms with E-state index in [1.807, 2.05) is 18.2 Å². The molecule has 1 nitrogen and oxygen atoms in total. The minimum Gasteiger partial charge on any atom is -0.399 e. The molecule has 0 fully saturated rings. The van der Waals surface area contributed by atoms with Crippen molar-refractivity contribution in [2.45, 2.75) is 39.0 Å². The van der Waals surface area contributed by atoms with E-state index in [0.717, 1.165) is 30.4 Å². The predicted molar refractivity (Wildman–Crippen MR) is 125 cm³/mol. The third-order valence-electron chi connectivity index (χ3n) is 5.84. The number of aryl methyl sites for hydroxylation is 1. The second kappa shape index (κ2) is 10.0. The van der Waals surface area contributed by atoms with Crippen molar-refractivity contribution in [1.29, 1.82) is 0 Å². The molecule has 0 aromatic heterocycles. The van der Waals surface area contributed by atoms with Crippen molar-refractivity contribution in [2.75, 3.05) is 0 Å².